The van der Waals surface area contributed by atoms with Gasteiger partial charge in [-0.2, -0.15) is 0 Å². The lowest BCUT2D eigenvalue weighted by molar-refractivity contribution is -0.534. The van der Waals surface area contributed by atoms with Gasteiger partial charge in [-0.05, 0) is 12.5 Å². The fraction of sp³-hybridized carbons (Fsp3) is 0.263. The number of ketones is 1. The molecule has 130 valence electrons. The summed E-state index contributed by atoms with van der Waals surface area (Å²) in [5.41, 5.74) is 0.968. The first-order chi connectivity index (χ1) is 12.0. The summed E-state index contributed by atoms with van der Waals surface area (Å²) in [5, 5.41) is 11.9. The number of benzene rings is 2. The summed E-state index contributed by atoms with van der Waals surface area (Å²) in [6.45, 7) is 1.25. The van der Waals surface area contributed by atoms with Crippen molar-refractivity contribution in [2.75, 3.05) is 7.11 Å². The Morgan fingerprint density at radius 3 is 1.84 bits per heavy atom. The minimum atomic E-state index is -1.26. The first-order valence-corrected chi connectivity index (χ1v) is 7.79. The summed E-state index contributed by atoms with van der Waals surface area (Å²) in [7, 11) is 1.17. The lowest BCUT2D eigenvalue weighted by Crippen LogP contribution is -2.35. The van der Waals surface area contributed by atoms with Crippen LogP contribution in [0.3, 0.4) is 0 Å². The van der Waals surface area contributed by atoms with Crippen LogP contribution in [-0.4, -0.2) is 23.8 Å². The zero-order valence-electron chi connectivity index (χ0n) is 14.0. The zero-order chi connectivity index (χ0) is 18.4. The molecule has 0 bridgehead atoms. The van der Waals surface area contributed by atoms with E-state index in [1.807, 2.05) is 0 Å². The Morgan fingerprint density at radius 2 is 1.44 bits per heavy atom. The van der Waals surface area contributed by atoms with Crippen molar-refractivity contribution in [1.29, 1.82) is 0 Å². The van der Waals surface area contributed by atoms with Crippen LogP contribution in [0.2, 0.25) is 0 Å². The summed E-state index contributed by atoms with van der Waals surface area (Å²) < 4.78 is 4.76. The Kier molecular flexibility index (Phi) is 6.00. The second-order valence-electron chi connectivity index (χ2n) is 5.69. The van der Waals surface area contributed by atoms with Crippen LogP contribution in [0, 0.1) is 16.0 Å². The number of nitro groups is 1. The third kappa shape index (κ3) is 4.09. The maximum absolute atomic E-state index is 12.3. The van der Waals surface area contributed by atoms with Crippen molar-refractivity contribution < 1.29 is 19.2 Å². The third-order valence-electron chi connectivity index (χ3n) is 4.15. The zero-order valence-corrected chi connectivity index (χ0v) is 14.0. The van der Waals surface area contributed by atoms with Gasteiger partial charge in [-0.25, -0.2) is 0 Å². The first kappa shape index (κ1) is 18.3. The summed E-state index contributed by atoms with van der Waals surface area (Å²) in [6, 6.07) is 15.7. The summed E-state index contributed by atoms with van der Waals surface area (Å²) in [4.78, 5) is 35.9. The van der Waals surface area contributed by atoms with Gasteiger partial charge in [0.25, 0.3) is 0 Å². The molecule has 2 rings (SSSR count). The summed E-state index contributed by atoms with van der Waals surface area (Å²) in [6.07, 6.45) is 0. The van der Waals surface area contributed by atoms with E-state index in [4.69, 9.17) is 4.74 Å². The molecule has 3 atom stereocenters. The van der Waals surface area contributed by atoms with Crippen molar-refractivity contribution in [3.8, 4) is 0 Å². The van der Waals surface area contributed by atoms with Gasteiger partial charge in [0.15, 0.2) is 0 Å². The normalized spacial score (nSPS) is 14.2. The molecule has 2 aromatic rings. The van der Waals surface area contributed by atoms with Gasteiger partial charge in [0.1, 0.15) is 11.7 Å². The lowest BCUT2D eigenvalue weighted by Gasteiger charge is -2.26. The number of carbonyl (C=O) groups is 2. The van der Waals surface area contributed by atoms with Gasteiger partial charge in [-0.15, -0.1) is 0 Å². The topological polar surface area (TPSA) is 86.5 Å². The molecular formula is C19H19NO5. The Balaban J connectivity index is 2.66. The standard InChI is InChI=1S/C19H19NO5/c1-13(21)16(19(22)25-2)17(14-9-5-3-6-10-14)18(20(23)24)15-11-7-4-8-12-15/h3-12,16-18H,1-2H3/t16-,17-,18-/m1/s1. The van der Waals surface area contributed by atoms with Gasteiger partial charge >= 0.3 is 5.97 Å². The van der Waals surface area contributed by atoms with Crippen LogP contribution < -0.4 is 0 Å². The number of nitrogens with zero attached hydrogens (tertiary/aromatic N) is 1. The van der Waals surface area contributed by atoms with Gasteiger partial charge in [-0.1, -0.05) is 60.7 Å². The Hall–Kier alpha value is -3.02. The van der Waals surface area contributed by atoms with E-state index in [-0.39, 0.29) is 0 Å². The number of Topliss-reactive ketones (excluding diaryl/α,β-unsaturated/α-hetero) is 1. The highest BCUT2D eigenvalue weighted by Gasteiger charge is 2.45. The number of methoxy groups -OCH3 is 1. The van der Waals surface area contributed by atoms with E-state index < -0.39 is 34.6 Å². The number of rotatable bonds is 7. The Bertz CT molecular complexity index is 745. The molecule has 0 heterocycles. The van der Waals surface area contributed by atoms with Crippen molar-refractivity contribution >= 4 is 11.8 Å². The van der Waals surface area contributed by atoms with E-state index in [0.29, 0.717) is 11.1 Å². The molecule has 0 saturated heterocycles. The van der Waals surface area contributed by atoms with Crippen molar-refractivity contribution in [2.45, 2.75) is 18.9 Å². The number of esters is 1. The van der Waals surface area contributed by atoms with Crippen LogP contribution >= 0.6 is 0 Å². The van der Waals surface area contributed by atoms with Crippen LogP contribution in [0.1, 0.15) is 30.0 Å². The second-order valence-corrected chi connectivity index (χ2v) is 5.69. The molecule has 0 aromatic heterocycles. The van der Waals surface area contributed by atoms with E-state index >= 15 is 0 Å². The Morgan fingerprint density at radius 1 is 0.960 bits per heavy atom. The van der Waals surface area contributed by atoms with Crippen LogP contribution in [-0.2, 0) is 14.3 Å². The van der Waals surface area contributed by atoms with E-state index in [1.54, 1.807) is 60.7 Å². The molecule has 2 aromatic carbocycles. The highest BCUT2D eigenvalue weighted by atomic mass is 16.6. The van der Waals surface area contributed by atoms with Crippen LogP contribution in [0.4, 0.5) is 0 Å². The van der Waals surface area contributed by atoms with Crippen LogP contribution in [0.25, 0.3) is 0 Å². The van der Waals surface area contributed by atoms with Gasteiger partial charge < -0.3 is 4.74 Å². The summed E-state index contributed by atoms with van der Waals surface area (Å²) in [5.74, 6) is -3.47. The molecule has 0 radical (unpaired) electrons. The fourth-order valence-corrected chi connectivity index (χ4v) is 3.04. The lowest BCUT2D eigenvalue weighted by atomic mass is 9.76. The minimum Gasteiger partial charge on any atom is -0.468 e. The first-order valence-electron chi connectivity index (χ1n) is 7.79. The third-order valence-corrected chi connectivity index (χ3v) is 4.15. The second kappa shape index (κ2) is 8.19. The van der Waals surface area contributed by atoms with Crippen molar-refractivity contribution in [2.24, 2.45) is 5.92 Å². The molecule has 6 nitrogen and oxygen atoms in total. The molecule has 0 unspecified atom stereocenters. The molecule has 0 aliphatic rings. The fourth-order valence-electron chi connectivity index (χ4n) is 3.04. The van der Waals surface area contributed by atoms with E-state index in [9.17, 15) is 19.7 Å². The number of hydrogen-bond donors (Lipinski definition) is 0. The molecule has 0 aliphatic heterocycles. The molecule has 0 spiro atoms. The van der Waals surface area contributed by atoms with Crippen molar-refractivity contribution in [1.82, 2.24) is 0 Å². The molecule has 6 heteroatoms. The van der Waals surface area contributed by atoms with E-state index in [2.05, 4.69) is 0 Å². The van der Waals surface area contributed by atoms with Gasteiger partial charge in [0.05, 0.1) is 13.0 Å². The molecule has 25 heavy (non-hydrogen) atoms. The van der Waals surface area contributed by atoms with E-state index in [0.717, 1.165) is 0 Å². The van der Waals surface area contributed by atoms with Crippen molar-refractivity contribution in [3.05, 3.63) is 81.9 Å². The molecule has 0 fully saturated rings. The predicted molar refractivity (Wildman–Crippen MR) is 91.5 cm³/mol. The molecular weight excluding hydrogens is 322 g/mol. The van der Waals surface area contributed by atoms with Crippen molar-refractivity contribution in [3.63, 3.8) is 0 Å². The molecule has 0 amide bonds. The highest BCUT2D eigenvalue weighted by Crippen LogP contribution is 2.40. The monoisotopic (exact) mass is 341 g/mol. The number of ether oxygens (including phenoxy) is 1. The van der Waals surface area contributed by atoms with Gasteiger partial charge in [-0.3, -0.25) is 19.7 Å². The minimum absolute atomic E-state index is 0.427. The average Bonchev–Trinajstić information content (AvgIpc) is 2.62. The largest absolute Gasteiger partial charge is 0.468 e. The maximum Gasteiger partial charge on any atom is 0.317 e. The molecule has 0 N–H and O–H groups in total. The maximum atomic E-state index is 12.3. The summed E-state index contributed by atoms with van der Waals surface area (Å²) >= 11 is 0. The molecule has 0 aliphatic carbocycles. The number of carbonyl (C=O) groups excluding carboxylic acids is 2. The Labute approximate surface area is 145 Å². The number of hydrogen-bond acceptors (Lipinski definition) is 5. The molecule has 0 saturated carbocycles. The SMILES string of the molecule is COC(=O)[C@H](C(C)=O)[C@@H](c1ccccc1)[C@@H](c1ccccc1)[N+](=O)[O-]. The quantitative estimate of drug-likeness (QED) is 0.334. The van der Waals surface area contributed by atoms with Crippen LogP contribution in [0.15, 0.2) is 60.7 Å². The van der Waals surface area contributed by atoms with Gasteiger partial charge in [0, 0.05) is 10.5 Å². The predicted octanol–water partition coefficient (Wildman–Crippen LogP) is 3.17. The highest BCUT2D eigenvalue weighted by molar-refractivity contribution is 5.98. The van der Waals surface area contributed by atoms with Gasteiger partial charge in [0.2, 0.25) is 6.04 Å². The average molecular weight is 341 g/mol. The smallest absolute Gasteiger partial charge is 0.317 e. The van der Waals surface area contributed by atoms with E-state index in [1.165, 1.54) is 14.0 Å². The van der Waals surface area contributed by atoms with Crippen LogP contribution in [0.5, 0.6) is 0 Å².